The first-order chi connectivity index (χ1) is 12.5. The molecule has 0 bridgehead atoms. The van der Waals surface area contributed by atoms with E-state index in [1.165, 1.54) is 4.68 Å². The number of nitrogens with zero attached hydrogens (tertiary/aromatic N) is 4. The highest BCUT2D eigenvalue weighted by molar-refractivity contribution is 6.30. The second kappa shape index (κ2) is 6.42. The van der Waals surface area contributed by atoms with Gasteiger partial charge in [-0.3, -0.25) is 4.79 Å². The molecular weight excluding hydrogens is 348 g/mol. The van der Waals surface area contributed by atoms with Crippen LogP contribution in [0.15, 0.2) is 65.6 Å². The lowest BCUT2D eigenvalue weighted by atomic mass is 10.0. The Labute approximate surface area is 155 Å². The van der Waals surface area contributed by atoms with Gasteiger partial charge < -0.3 is 0 Å². The first-order valence-corrected chi connectivity index (χ1v) is 8.76. The molecule has 0 spiro atoms. The summed E-state index contributed by atoms with van der Waals surface area (Å²) < 4.78 is 3.31. The fourth-order valence-corrected chi connectivity index (χ4v) is 3.21. The van der Waals surface area contributed by atoms with E-state index in [9.17, 15) is 4.79 Å². The minimum atomic E-state index is -0.121. The highest BCUT2D eigenvalue weighted by atomic mass is 35.5. The van der Waals surface area contributed by atoms with Gasteiger partial charge in [-0.25, -0.2) is 9.20 Å². The van der Waals surface area contributed by atoms with Crippen molar-refractivity contribution in [3.8, 4) is 22.5 Å². The molecule has 3 aromatic heterocycles. The first kappa shape index (κ1) is 16.5. The Bertz CT molecular complexity index is 1160. The van der Waals surface area contributed by atoms with Gasteiger partial charge in [0.05, 0.1) is 22.8 Å². The molecule has 0 radical (unpaired) electrons. The van der Waals surface area contributed by atoms with Gasteiger partial charge in [0.25, 0.3) is 5.56 Å². The number of rotatable bonds is 3. The molecule has 0 saturated carbocycles. The van der Waals surface area contributed by atoms with E-state index in [1.54, 1.807) is 12.1 Å². The van der Waals surface area contributed by atoms with Crippen molar-refractivity contribution >= 4 is 17.1 Å². The molecule has 130 valence electrons. The summed E-state index contributed by atoms with van der Waals surface area (Å²) in [4.78, 5) is 12.1. The van der Waals surface area contributed by atoms with Crippen molar-refractivity contribution in [3.05, 3.63) is 76.2 Å². The van der Waals surface area contributed by atoms with Gasteiger partial charge in [0.1, 0.15) is 5.69 Å². The summed E-state index contributed by atoms with van der Waals surface area (Å²) in [7, 11) is 0. The molecule has 0 atom stereocenters. The number of pyridine rings is 1. The van der Waals surface area contributed by atoms with Crippen LogP contribution in [-0.4, -0.2) is 19.4 Å². The molecule has 6 heteroatoms. The fraction of sp³-hybridized carbons (Fsp3) is 0.150. The van der Waals surface area contributed by atoms with E-state index in [0.29, 0.717) is 10.7 Å². The molecule has 0 N–H and O–H groups in total. The predicted molar refractivity (Wildman–Crippen MR) is 104 cm³/mol. The molecular formula is C20H17ClN4O. The Kier molecular flexibility index (Phi) is 4.09. The lowest BCUT2D eigenvalue weighted by Crippen LogP contribution is -2.23. The van der Waals surface area contributed by atoms with Gasteiger partial charge in [0.15, 0.2) is 0 Å². The largest absolute Gasteiger partial charge is 0.268 e. The average molecular weight is 365 g/mol. The maximum absolute atomic E-state index is 12.1. The third kappa shape index (κ3) is 2.80. The van der Waals surface area contributed by atoms with Crippen molar-refractivity contribution in [1.82, 2.24) is 19.4 Å². The Balaban J connectivity index is 2.04. The minimum Gasteiger partial charge on any atom is -0.268 e. The van der Waals surface area contributed by atoms with E-state index >= 15 is 0 Å². The van der Waals surface area contributed by atoms with Crippen molar-refractivity contribution in [1.29, 1.82) is 0 Å². The summed E-state index contributed by atoms with van der Waals surface area (Å²) in [6.07, 6.45) is 1.89. The predicted octanol–water partition coefficient (Wildman–Crippen LogP) is 4.46. The van der Waals surface area contributed by atoms with Crippen molar-refractivity contribution in [2.24, 2.45) is 0 Å². The minimum absolute atomic E-state index is 0.0288. The van der Waals surface area contributed by atoms with Crippen molar-refractivity contribution in [2.45, 2.75) is 19.9 Å². The normalized spacial score (nSPS) is 11.4. The quantitative estimate of drug-likeness (QED) is 0.539. The van der Waals surface area contributed by atoms with E-state index in [0.717, 1.165) is 22.3 Å². The van der Waals surface area contributed by atoms with Crippen LogP contribution < -0.4 is 5.56 Å². The van der Waals surface area contributed by atoms with Crippen LogP contribution in [0.1, 0.15) is 19.9 Å². The van der Waals surface area contributed by atoms with Crippen LogP contribution in [0.4, 0.5) is 0 Å². The Morgan fingerprint density at radius 3 is 2.62 bits per heavy atom. The molecule has 5 nitrogen and oxygen atoms in total. The number of aromatic nitrogens is 4. The number of hydrogen-bond acceptors (Lipinski definition) is 3. The van der Waals surface area contributed by atoms with Crippen LogP contribution in [0.3, 0.4) is 0 Å². The number of benzene rings is 1. The first-order valence-electron chi connectivity index (χ1n) is 8.38. The molecule has 0 aliphatic carbocycles. The Morgan fingerprint density at radius 2 is 1.85 bits per heavy atom. The summed E-state index contributed by atoms with van der Waals surface area (Å²) in [5.41, 5.74) is 4.06. The van der Waals surface area contributed by atoms with Gasteiger partial charge in [-0.2, -0.15) is 10.2 Å². The highest BCUT2D eigenvalue weighted by Crippen LogP contribution is 2.34. The summed E-state index contributed by atoms with van der Waals surface area (Å²) in [5, 5.41) is 9.96. The highest BCUT2D eigenvalue weighted by Gasteiger charge is 2.18. The summed E-state index contributed by atoms with van der Waals surface area (Å²) in [6.45, 7) is 3.87. The molecule has 0 fully saturated rings. The summed E-state index contributed by atoms with van der Waals surface area (Å²) in [5.74, 6) is 0. The fourth-order valence-electron chi connectivity index (χ4n) is 3.02. The number of hydrogen-bond donors (Lipinski definition) is 0. The van der Waals surface area contributed by atoms with E-state index in [-0.39, 0.29) is 11.6 Å². The van der Waals surface area contributed by atoms with Crippen LogP contribution in [-0.2, 0) is 0 Å². The molecule has 0 aliphatic rings. The van der Waals surface area contributed by atoms with Gasteiger partial charge in [-0.15, -0.1) is 0 Å². The van der Waals surface area contributed by atoms with Crippen molar-refractivity contribution < 1.29 is 0 Å². The Morgan fingerprint density at radius 1 is 1.00 bits per heavy atom. The van der Waals surface area contributed by atoms with Crippen LogP contribution in [0, 0.1) is 0 Å². The maximum Gasteiger partial charge on any atom is 0.267 e. The molecule has 4 rings (SSSR count). The second-order valence-electron chi connectivity index (χ2n) is 6.36. The van der Waals surface area contributed by atoms with Gasteiger partial charge in [-0.1, -0.05) is 29.8 Å². The van der Waals surface area contributed by atoms with Gasteiger partial charge in [0, 0.05) is 22.8 Å². The molecule has 26 heavy (non-hydrogen) atoms. The zero-order valence-electron chi connectivity index (χ0n) is 14.4. The van der Waals surface area contributed by atoms with Crippen molar-refractivity contribution in [2.75, 3.05) is 0 Å². The maximum atomic E-state index is 12.1. The molecule has 0 aliphatic heterocycles. The standard InChI is InChI=1S/C20H17ClN4O/c1-13(2)25-18(26)10-9-16(22-25)19-17-8-3-4-11-24(17)23-20(19)14-6-5-7-15(21)12-14/h3-13H,1-2H3. The summed E-state index contributed by atoms with van der Waals surface area (Å²) >= 11 is 6.18. The third-order valence-corrected chi connectivity index (χ3v) is 4.44. The monoisotopic (exact) mass is 364 g/mol. The van der Waals surface area contributed by atoms with E-state index < -0.39 is 0 Å². The van der Waals surface area contributed by atoms with Gasteiger partial charge in [-0.05, 0) is 44.2 Å². The summed E-state index contributed by atoms with van der Waals surface area (Å²) in [6, 6.07) is 16.7. The SMILES string of the molecule is CC(C)n1nc(-c2c(-c3cccc(Cl)c3)nn3ccccc23)ccc1=O. The van der Waals surface area contributed by atoms with Crippen molar-refractivity contribution in [3.63, 3.8) is 0 Å². The van der Waals surface area contributed by atoms with Crippen LogP contribution in [0.2, 0.25) is 5.02 Å². The zero-order chi connectivity index (χ0) is 18.3. The molecule has 0 amide bonds. The molecule has 4 aromatic rings. The van der Waals surface area contributed by atoms with E-state index in [4.69, 9.17) is 16.7 Å². The smallest absolute Gasteiger partial charge is 0.267 e. The Hall–Kier alpha value is -2.92. The van der Waals surface area contributed by atoms with E-state index in [2.05, 4.69) is 5.10 Å². The van der Waals surface area contributed by atoms with Crippen LogP contribution >= 0.6 is 11.6 Å². The molecule has 0 saturated heterocycles. The lowest BCUT2D eigenvalue weighted by molar-refractivity contribution is 0.505. The molecule has 3 heterocycles. The molecule has 1 aromatic carbocycles. The van der Waals surface area contributed by atoms with Crippen LogP contribution in [0.5, 0.6) is 0 Å². The topological polar surface area (TPSA) is 52.2 Å². The number of halogens is 1. The number of fused-ring (bicyclic) bond motifs is 1. The van der Waals surface area contributed by atoms with Crippen LogP contribution in [0.25, 0.3) is 28.0 Å². The molecule has 0 unspecified atom stereocenters. The van der Waals surface area contributed by atoms with E-state index in [1.807, 2.05) is 67.0 Å². The third-order valence-electron chi connectivity index (χ3n) is 4.21. The second-order valence-corrected chi connectivity index (χ2v) is 6.80. The average Bonchev–Trinajstić information content (AvgIpc) is 3.01. The van der Waals surface area contributed by atoms with Gasteiger partial charge in [0.2, 0.25) is 0 Å². The van der Waals surface area contributed by atoms with Gasteiger partial charge >= 0.3 is 0 Å². The lowest BCUT2D eigenvalue weighted by Gasteiger charge is -2.10. The zero-order valence-corrected chi connectivity index (χ0v) is 15.2.